The van der Waals surface area contributed by atoms with Gasteiger partial charge in [-0.2, -0.15) is 0 Å². The Morgan fingerprint density at radius 1 is 1.27 bits per heavy atom. The van der Waals surface area contributed by atoms with Crippen molar-refractivity contribution in [1.82, 2.24) is 10.3 Å². The highest BCUT2D eigenvalue weighted by atomic mass is 35.5. The summed E-state index contributed by atoms with van der Waals surface area (Å²) in [7, 11) is 0. The van der Waals surface area contributed by atoms with Gasteiger partial charge in [-0.05, 0) is 55.7 Å². The van der Waals surface area contributed by atoms with E-state index in [9.17, 15) is 4.79 Å². The molecule has 114 valence electrons. The molecular formula is C16H17ClN4O. The van der Waals surface area contributed by atoms with E-state index < -0.39 is 0 Å². The monoisotopic (exact) mass is 316 g/mol. The number of pyridine rings is 1. The van der Waals surface area contributed by atoms with Gasteiger partial charge in [0.15, 0.2) is 0 Å². The molecule has 1 aliphatic carbocycles. The van der Waals surface area contributed by atoms with Gasteiger partial charge in [0, 0.05) is 16.8 Å². The number of anilines is 3. The highest BCUT2D eigenvalue weighted by Crippen LogP contribution is 2.23. The minimum atomic E-state index is -0.182. The molecule has 22 heavy (non-hydrogen) atoms. The van der Waals surface area contributed by atoms with E-state index >= 15 is 0 Å². The smallest absolute Gasteiger partial charge is 0.319 e. The second kappa shape index (κ2) is 6.23. The maximum absolute atomic E-state index is 11.6. The lowest BCUT2D eigenvalue weighted by molar-refractivity contribution is 0.251. The fraction of sp³-hybridized carbons (Fsp3) is 0.250. The number of aryl methyl sites for hydroxylation is 1. The highest BCUT2D eigenvalue weighted by Gasteiger charge is 2.23. The summed E-state index contributed by atoms with van der Waals surface area (Å²) in [6.45, 7) is 1.98. The largest absolute Gasteiger partial charge is 0.340 e. The van der Waals surface area contributed by atoms with Gasteiger partial charge < -0.3 is 16.0 Å². The molecule has 0 radical (unpaired) electrons. The van der Waals surface area contributed by atoms with Crippen LogP contribution in [-0.2, 0) is 0 Å². The third kappa shape index (κ3) is 3.89. The molecule has 1 aliphatic rings. The summed E-state index contributed by atoms with van der Waals surface area (Å²) in [6.07, 6.45) is 3.75. The summed E-state index contributed by atoms with van der Waals surface area (Å²) in [5.74, 6) is 0.707. The Balaban J connectivity index is 1.62. The van der Waals surface area contributed by atoms with Crippen molar-refractivity contribution < 1.29 is 4.79 Å². The highest BCUT2D eigenvalue weighted by molar-refractivity contribution is 6.30. The Hall–Kier alpha value is -2.27. The van der Waals surface area contributed by atoms with Crippen LogP contribution in [0.4, 0.5) is 22.0 Å². The van der Waals surface area contributed by atoms with Gasteiger partial charge in [0.2, 0.25) is 0 Å². The molecule has 1 saturated carbocycles. The fourth-order valence-corrected chi connectivity index (χ4v) is 2.25. The molecule has 0 spiro atoms. The van der Waals surface area contributed by atoms with Crippen LogP contribution in [-0.4, -0.2) is 17.1 Å². The van der Waals surface area contributed by atoms with Crippen LogP contribution in [0, 0.1) is 6.92 Å². The average Bonchev–Trinajstić information content (AvgIpc) is 3.28. The van der Waals surface area contributed by atoms with Gasteiger partial charge >= 0.3 is 6.03 Å². The standard InChI is InChI=1S/C16H17ClN4O/c1-10-8-11(17)2-6-14(10)21-15-7-5-13(9-18-15)20-16(22)19-12-3-4-12/h2,5-9,12H,3-4H2,1H3,(H,18,21)(H2,19,20,22). The number of urea groups is 1. The number of carbonyl (C=O) groups is 1. The number of carbonyl (C=O) groups excluding carboxylic acids is 1. The first-order valence-corrected chi connectivity index (χ1v) is 7.55. The van der Waals surface area contributed by atoms with Crippen molar-refractivity contribution >= 4 is 34.8 Å². The van der Waals surface area contributed by atoms with Crippen molar-refractivity contribution in [3.8, 4) is 0 Å². The summed E-state index contributed by atoms with van der Waals surface area (Å²) in [6, 6.07) is 9.42. The second-order valence-electron chi connectivity index (χ2n) is 5.39. The number of hydrogen-bond donors (Lipinski definition) is 3. The molecule has 0 atom stereocenters. The Morgan fingerprint density at radius 2 is 2.09 bits per heavy atom. The van der Waals surface area contributed by atoms with Crippen LogP contribution in [0.25, 0.3) is 0 Å². The summed E-state index contributed by atoms with van der Waals surface area (Å²) in [5.41, 5.74) is 2.65. The number of nitrogens with zero attached hydrogens (tertiary/aromatic N) is 1. The van der Waals surface area contributed by atoms with Gasteiger partial charge in [-0.25, -0.2) is 9.78 Å². The van der Waals surface area contributed by atoms with Crippen molar-refractivity contribution in [2.75, 3.05) is 10.6 Å². The van der Waals surface area contributed by atoms with E-state index in [0.29, 0.717) is 22.6 Å². The van der Waals surface area contributed by atoms with Crippen LogP contribution in [0.15, 0.2) is 36.5 Å². The first-order valence-electron chi connectivity index (χ1n) is 7.17. The third-order valence-electron chi connectivity index (χ3n) is 3.39. The van der Waals surface area contributed by atoms with E-state index in [1.165, 1.54) is 0 Å². The molecule has 1 fully saturated rings. The molecule has 1 aromatic heterocycles. The first kappa shape index (κ1) is 14.7. The zero-order chi connectivity index (χ0) is 15.5. The molecule has 0 saturated heterocycles. The number of amides is 2. The molecule has 5 nitrogen and oxygen atoms in total. The van der Waals surface area contributed by atoms with Gasteiger partial charge in [0.25, 0.3) is 0 Å². The normalized spacial score (nSPS) is 13.5. The Bertz CT molecular complexity index is 683. The SMILES string of the molecule is Cc1cc(Cl)ccc1Nc1ccc(NC(=O)NC2CC2)cn1. The van der Waals surface area contributed by atoms with Crippen molar-refractivity contribution in [2.24, 2.45) is 0 Å². The van der Waals surface area contributed by atoms with E-state index in [0.717, 1.165) is 24.1 Å². The lowest BCUT2D eigenvalue weighted by Crippen LogP contribution is -2.30. The quantitative estimate of drug-likeness (QED) is 0.796. The molecule has 1 heterocycles. The minimum absolute atomic E-state index is 0.182. The fourth-order valence-electron chi connectivity index (χ4n) is 2.03. The minimum Gasteiger partial charge on any atom is -0.340 e. The number of benzene rings is 1. The van der Waals surface area contributed by atoms with Crippen LogP contribution >= 0.6 is 11.6 Å². The predicted molar refractivity (Wildman–Crippen MR) is 88.9 cm³/mol. The molecule has 2 aromatic rings. The molecule has 0 bridgehead atoms. The molecule has 0 aliphatic heterocycles. The maximum atomic E-state index is 11.6. The molecule has 3 rings (SSSR count). The van der Waals surface area contributed by atoms with E-state index in [4.69, 9.17) is 11.6 Å². The van der Waals surface area contributed by atoms with E-state index in [1.54, 1.807) is 6.20 Å². The summed E-state index contributed by atoms with van der Waals surface area (Å²) in [4.78, 5) is 15.9. The number of hydrogen-bond acceptors (Lipinski definition) is 3. The Kier molecular flexibility index (Phi) is 4.15. The Labute approximate surface area is 134 Å². The van der Waals surface area contributed by atoms with Crippen LogP contribution in [0.1, 0.15) is 18.4 Å². The lowest BCUT2D eigenvalue weighted by Gasteiger charge is -2.10. The molecule has 0 unspecified atom stereocenters. The van der Waals surface area contributed by atoms with E-state index in [1.807, 2.05) is 37.3 Å². The number of rotatable bonds is 4. The van der Waals surface area contributed by atoms with Crippen LogP contribution < -0.4 is 16.0 Å². The number of halogens is 1. The number of aromatic nitrogens is 1. The second-order valence-corrected chi connectivity index (χ2v) is 5.83. The van der Waals surface area contributed by atoms with Gasteiger partial charge in [-0.3, -0.25) is 0 Å². The Morgan fingerprint density at radius 3 is 2.73 bits per heavy atom. The van der Waals surface area contributed by atoms with Crippen LogP contribution in [0.5, 0.6) is 0 Å². The van der Waals surface area contributed by atoms with Gasteiger partial charge in [0.05, 0.1) is 11.9 Å². The average molecular weight is 317 g/mol. The van der Waals surface area contributed by atoms with Crippen molar-refractivity contribution in [3.05, 3.63) is 47.1 Å². The molecular weight excluding hydrogens is 300 g/mol. The van der Waals surface area contributed by atoms with Gasteiger partial charge in [0.1, 0.15) is 5.82 Å². The topological polar surface area (TPSA) is 66.0 Å². The summed E-state index contributed by atoms with van der Waals surface area (Å²) >= 11 is 5.94. The lowest BCUT2D eigenvalue weighted by atomic mass is 10.2. The number of nitrogens with one attached hydrogen (secondary N) is 3. The van der Waals surface area contributed by atoms with E-state index in [2.05, 4.69) is 20.9 Å². The van der Waals surface area contributed by atoms with Crippen molar-refractivity contribution in [3.63, 3.8) is 0 Å². The van der Waals surface area contributed by atoms with Crippen molar-refractivity contribution in [2.45, 2.75) is 25.8 Å². The molecule has 3 N–H and O–H groups in total. The first-order chi connectivity index (χ1) is 10.6. The summed E-state index contributed by atoms with van der Waals surface area (Å²) in [5, 5.41) is 9.56. The van der Waals surface area contributed by atoms with Crippen molar-refractivity contribution in [1.29, 1.82) is 0 Å². The van der Waals surface area contributed by atoms with Crippen LogP contribution in [0.2, 0.25) is 5.02 Å². The summed E-state index contributed by atoms with van der Waals surface area (Å²) < 4.78 is 0. The molecule has 1 aromatic carbocycles. The molecule has 2 amide bonds. The third-order valence-corrected chi connectivity index (χ3v) is 3.62. The predicted octanol–water partition coefficient (Wildman–Crippen LogP) is 4.07. The zero-order valence-electron chi connectivity index (χ0n) is 12.2. The van der Waals surface area contributed by atoms with E-state index in [-0.39, 0.29) is 6.03 Å². The zero-order valence-corrected chi connectivity index (χ0v) is 12.9. The van der Waals surface area contributed by atoms with Gasteiger partial charge in [-0.15, -0.1) is 0 Å². The maximum Gasteiger partial charge on any atom is 0.319 e. The van der Waals surface area contributed by atoms with Crippen LogP contribution in [0.3, 0.4) is 0 Å². The molecule has 6 heteroatoms. The van der Waals surface area contributed by atoms with Gasteiger partial charge in [-0.1, -0.05) is 11.6 Å².